The Kier molecular flexibility index (Phi) is 10.4. The largest absolute Gasteiger partial charge is 0.352 e. The van der Waals surface area contributed by atoms with E-state index < -0.39 is 28.5 Å². The van der Waals surface area contributed by atoms with Crippen LogP contribution in [0.3, 0.4) is 0 Å². The third-order valence-corrected chi connectivity index (χ3v) is 8.88. The summed E-state index contributed by atoms with van der Waals surface area (Å²) in [6, 6.07) is 18.6. The molecule has 1 N–H and O–H groups in total. The minimum atomic E-state index is -4.16. The summed E-state index contributed by atoms with van der Waals surface area (Å²) in [6.07, 6.45) is 0.720. The van der Waals surface area contributed by atoms with Crippen molar-refractivity contribution in [3.05, 3.63) is 94.0 Å². The second-order valence-corrected chi connectivity index (χ2v) is 12.1. The average Bonchev–Trinajstić information content (AvgIpc) is 2.91. The van der Waals surface area contributed by atoms with Crippen molar-refractivity contribution >= 4 is 50.7 Å². The highest BCUT2D eigenvalue weighted by Crippen LogP contribution is 2.26. The Morgan fingerprint density at radius 3 is 2.13 bits per heavy atom. The zero-order valence-corrected chi connectivity index (χ0v) is 24.7. The van der Waals surface area contributed by atoms with Crippen molar-refractivity contribution in [3.63, 3.8) is 0 Å². The van der Waals surface area contributed by atoms with Crippen LogP contribution in [0.5, 0.6) is 0 Å². The number of hydrogen-bond acceptors (Lipinski definition) is 4. The van der Waals surface area contributed by atoms with Gasteiger partial charge in [0.15, 0.2) is 0 Å². The molecule has 7 nitrogen and oxygen atoms in total. The third kappa shape index (κ3) is 7.75. The van der Waals surface area contributed by atoms with Crippen LogP contribution in [-0.4, -0.2) is 43.8 Å². The van der Waals surface area contributed by atoms with Gasteiger partial charge in [-0.2, -0.15) is 0 Å². The molecule has 39 heavy (non-hydrogen) atoms. The zero-order valence-electron chi connectivity index (χ0n) is 22.4. The van der Waals surface area contributed by atoms with E-state index in [-0.39, 0.29) is 23.4 Å². The minimum Gasteiger partial charge on any atom is -0.352 e. The predicted molar refractivity (Wildman–Crippen MR) is 157 cm³/mol. The van der Waals surface area contributed by atoms with E-state index in [2.05, 4.69) is 5.32 Å². The number of nitrogens with one attached hydrogen (secondary N) is 1. The Balaban J connectivity index is 2.03. The number of benzene rings is 3. The van der Waals surface area contributed by atoms with Gasteiger partial charge >= 0.3 is 0 Å². The summed E-state index contributed by atoms with van der Waals surface area (Å²) in [5.41, 5.74) is 1.89. The first-order chi connectivity index (χ1) is 18.4. The summed E-state index contributed by atoms with van der Waals surface area (Å²) >= 11 is 12.4. The second-order valence-electron chi connectivity index (χ2n) is 9.41. The number of hydrogen-bond donors (Lipinski definition) is 1. The Morgan fingerprint density at radius 1 is 0.923 bits per heavy atom. The monoisotopic (exact) mass is 589 g/mol. The number of carbonyl (C=O) groups is 2. The molecule has 0 spiro atoms. The quantitative estimate of drug-likeness (QED) is 0.305. The zero-order chi connectivity index (χ0) is 28.7. The first-order valence-corrected chi connectivity index (χ1v) is 14.8. The van der Waals surface area contributed by atoms with Gasteiger partial charge in [-0.05, 0) is 75.2 Å². The van der Waals surface area contributed by atoms with Crippen LogP contribution in [0.2, 0.25) is 10.0 Å². The molecule has 0 saturated heterocycles. The highest BCUT2D eigenvalue weighted by Gasteiger charge is 2.33. The summed E-state index contributed by atoms with van der Waals surface area (Å²) < 4.78 is 28.7. The van der Waals surface area contributed by atoms with Crippen LogP contribution in [0.25, 0.3) is 0 Å². The van der Waals surface area contributed by atoms with E-state index in [0.717, 1.165) is 16.3 Å². The molecule has 3 aromatic carbocycles. The molecule has 0 radical (unpaired) electrons. The van der Waals surface area contributed by atoms with Gasteiger partial charge in [-0.25, -0.2) is 8.42 Å². The number of anilines is 1. The van der Waals surface area contributed by atoms with Crippen LogP contribution in [0.1, 0.15) is 38.3 Å². The lowest BCUT2D eigenvalue weighted by Crippen LogP contribution is -2.52. The lowest BCUT2D eigenvalue weighted by atomic mass is 10.1. The fraction of sp³-hybridized carbons (Fsp3) is 0.310. The molecule has 0 aliphatic carbocycles. The molecule has 3 aromatic rings. The van der Waals surface area contributed by atoms with Crippen LogP contribution in [0, 0.1) is 6.92 Å². The molecular formula is C29H33Cl2N3O4S. The molecular weight excluding hydrogens is 557 g/mol. The van der Waals surface area contributed by atoms with Gasteiger partial charge in [0.05, 0.1) is 10.6 Å². The number of sulfonamides is 1. The van der Waals surface area contributed by atoms with Crippen LogP contribution in [0.4, 0.5) is 5.69 Å². The first-order valence-electron chi connectivity index (χ1n) is 12.6. The smallest absolute Gasteiger partial charge is 0.264 e. The standard InChI is InChI=1S/C29H33Cl2N3O4S/c1-5-21(3)32-29(36)22(4)33(18-23-8-6-7-9-27(23)31)28(35)19-34(25-14-10-20(2)11-15-25)39(37,38)26-16-12-24(30)13-17-26/h6-17,21-22H,5,18-19H2,1-4H3,(H,32,36)/t21-,22+/m0/s1. The molecule has 0 heterocycles. The number of halogens is 2. The van der Waals surface area contributed by atoms with Gasteiger partial charge in [0.1, 0.15) is 12.6 Å². The maximum absolute atomic E-state index is 13.9. The van der Waals surface area contributed by atoms with Crippen molar-refractivity contribution in [1.82, 2.24) is 10.2 Å². The summed E-state index contributed by atoms with van der Waals surface area (Å²) in [5, 5.41) is 3.73. The van der Waals surface area contributed by atoms with Crippen LogP contribution in [-0.2, 0) is 26.2 Å². The van der Waals surface area contributed by atoms with Gasteiger partial charge in [0, 0.05) is 22.6 Å². The van der Waals surface area contributed by atoms with E-state index >= 15 is 0 Å². The Hall–Kier alpha value is -3.07. The highest BCUT2D eigenvalue weighted by molar-refractivity contribution is 7.92. The van der Waals surface area contributed by atoms with Crippen molar-refractivity contribution in [2.45, 2.75) is 57.6 Å². The SMILES string of the molecule is CC[C@H](C)NC(=O)[C@@H](C)N(Cc1ccccc1Cl)C(=O)CN(c1ccc(C)cc1)S(=O)(=O)c1ccc(Cl)cc1. The fourth-order valence-corrected chi connectivity index (χ4v) is 5.57. The molecule has 0 aliphatic rings. The van der Waals surface area contributed by atoms with Gasteiger partial charge in [-0.1, -0.05) is 66.0 Å². The third-order valence-electron chi connectivity index (χ3n) is 6.47. The summed E-state index contributed by atoms with van der Waals surface area (Å²) in [4.78, 5) is 28.4. The molecule has 0 fully saturated rings. The van der Waals surface area contributed by atoms with E-state index in [1.807, 2.05) is 20.8 Å². The van der Waals surface area contributed by atoms with Gasteiger partial charge in [-0.15, -0.1) is 0 Å². The molecule has 0 saturated carbocycles. The summed E-state index contributed by atoms with van der Waals surface area (Å²) in [7, 11) is -4.16. The van der Waals surface area contributed by atoms with Crippen molar-refractivity contribution in [2.24, 2.45) is 0 Å². The predicted octanol–water partition coefficient (Wildman–Crippen LogP) is 5.83. The maximum atomic E-state index is 13.9. The number of nitrogens with zero attached hydrogens (tertiary/aromatic N) is 2. The van der Waals surface area contributed by atoms with E-state index in [4.69, 9.17) is 23.2 Å². The van der Waals surface area contributed by atoms with E-state index in [0.29, 0.717) is 21.3 Å². The topological polar surface area (TPSA) is 86.8 Å². The number of carbonyl (C=O) groups excluding carboxylic acids is 2. The molecule has 3 rings (SSSR count). The summed E-state index contributed by atoms with van der Waals surface area (Å²) in [6.45, 7) is 6.83. The molecule has 2 amide bonds. The van der Waals surface area contributed by atoms with Gasteiger partial charge < -0.3 is 10.2 Å². The van der Waals surface area contributed by atoms with Crippen LogP contribution >= 0.6 is 23.2 Å². The lowest BCUT2D eigenvalue weighted by Gasteiger charge is -2.32. The summed E-state index contributed by atoms with van der Waals surface area (Å²) in [5.74, 6) is -0.896. The number of aryl methyl sites for hydroxylation is 1. The Labute approximate surface area is 240 Å². The Bertz CT molecular complexity index is 1400. The van der Waals surface area contributed by atoms with E-state index in [9.17, 15) is 18.0 Å². The molecule has 2 atom stereocenters. The van der Waals surface area contributed by atoms with Gasteiger partial charge in [0.25, 0.3) is 10.0 Å². The van der Waals surface area contributed by atoms with Crippen molar-refractivity contribution in [2.75, 3.05) is 10.8 Å². The number of rotatable bonds is 11. The van der Waals surface area contributed by atoms with Crippen LogP contribution < -0.4 is 9.62 Å². The second kappa shape index (κ2) is 13.3. The minimum absolute atomic E-state index is 0.0134. The normalized spacial score (nSPS) is 12.9. The molecule has 208 valence electrons. The first kappa shape index (κ1) is 30.5. The molecule has 0 bridgehead atoms. The molecule has 0 aliphatic heterocycles. The average molecular weight is 591 g/mol. The van der Waals surface area contributed by atoms with E-state index in [1.165, 1.54) is 29.2 Å². The molecule has 0 unspecified atom stereocenters. The number of amides is 2. The molecule has 10 heteroatoms. The van der Waals surface area contributed by atoms with Gasteiger partial charge in [-0.3, -0.25) is 13.9 Å². The Morgan fingerprint density at radius 2 is 1.54 bits per heavy atom. The highest BCUT2D eigenvalue weighted by atomic mass is 35.5. The van der Waals surface area contributed by atoms with Gasteiger partial charge in [0.2, 0.25) is 11.8 Å². The lowest BCUT2D eigenvalue weighted by molar-refractivity contribution is -0.139. The van der Waals surface area contributed by atoms with Crippen molar-refractivity contribution in [1.29, 1.82) is 0 Å². The maximum Gasteiger partial charge on any atom is 0.264 e. The van der Waals surface area contributed by atoms with Crippen LogP contribution in [0.15, 0.2) is 77.7 Å². The van der Waals surface area contributed by atoms with E-state index in [1.54, 1.807) is 55.5 Å². The molecule has 0 aromatic heterocycles. The van der Waals surface area contributed by atoms with Crippen molar-refractivity contribution in [3.8, 4) is 0 Å². The van der Waals surface area contributed by atoms with Crippen molar-refractivity contribution < 1.29 is 18.0 Å². The fourth-order valence-electron chi connectivity index (χ4n) is 3.83.